The molecular weight excluding hydrogens is 268 g/mol. The highest BCUT2D eigenvalue weighted by molar-refractivity contribution is 5.96. The van der Waals surface area contributed by atoms with Gasteiger partial charge in [0.25, 0.3) is 5.91 Å². The van der Waals surface area contributed by atoms with Gasteiger partial charge in [-0.2, -0.15) is 0 Å². The van der Waals surface area contributed by atoms with Gasteiger partial charge in [-0.1, -0.05) is 18.9 Å². The number of amides is 1. The largest absolute Gasteiger partial charge is 0.481 e. The standard InChI is InChI=1S/C16H22N2O3/c1-10-12(7-4-8-14(10)17)15(19)18-9-11-5-2-3-6-13(11)16(20)21/h4,7-8,11,13H,2-3,5-6,9,17H2,1H3,(H,18,19)(H,20,21). The predicted octanol–water partition coefficient (Wildman–Crippen LogP) is 2.20. The SMILES string of the molecule is Cc1c(N)cccc1C(=O)NCC1CCCCC1C(=O)O. The van der Waals surface area contributed by atoms with Gasteiger partial charge in [0.05, 0.1) is 5.92 Å². The van der Waals surface area contributed by atoms with Gasteiger partial charge >= 0.3 is 5.97 Å². The lowest BCUT2D eigenvalue weighted by Gasteiger charge is -2.28. The smallest absolute Gasteiger partial charge is 0.306 e. The maximum atomic E-state index is 12.2. The molecule has 1 aliphatic carbocycles. The van der Waals surface area contributed by atoms with Gasteiger partial charge in [0.1, 0.15) is 0 Å². The summed E-state index contributed by atoms with van der Waals surface area (Å²) in [4.78, 5) is 23.5. The van der Waals surface area contributed by atoms with Crippen molar-refractivity contribution in [1.29, 1.82) is 0 Å². The van der Waals surface area contributed by atoms with Gasteiger partial charge in [0.2, 0.25) is 0 Å². The average Bonchev–Trinajstić information content (AvgIpc) is 2.47. The molecule has 0 heterocycles. The molecule has 2 unspecified atom stereocenters. The van der Waals surface area contributed by atoms with Crippen LogP contribution in [0.2, 0.25) is 0 Å². The molecule has 0 spiro atoms. The number of nitrogen functional groups attached to an aromatic ring is 1. The number of anilines is 1. The molecule has 0 bridgehead atoms. The first-order valence-corrected chi connectivity index (χ1v) is 7.36. The number of aliphatic carboxylic acids is 1. The lowest BCUT2D eigenvalue weighted by molar-refractivity contribution is -0.144. The van der Waals surface area contributed by atoms with Crippen LogP contribution in [0, 0.1) is 18.8 Å². The Morgan fingerprint density at radius 3 is 2.76 bits per heavy atom. The number of hydrogen-bond donors (Lipinski definition) is 3. The van der Waals surface area contributed by atoms with Crippen LogP contribution in [0.1, 0.15) is 41.6 Å². The lowest BCUT2D eigenvalue weighted by Crippen LogP contribution is -2.37. The second kappa shape index (κ2) is 6.61. The van der Waals surface area contributed by atoms with E-state index in [4.69, 9.17) is 5.73 Å². The van der Waals surface area contributed by atoms with Crippen LogP contribution >= 0.6 is 0 Å². The van der Waals surface area contributed by atoms with Crippen LogP contribution in [0.25, 0.3) is 0 Å². The summed E-state index contributed by atoms with van der Waals surface area (Å²) in [6.07, 6.45) is 3.54. The van der Waals surface area contributed by atoms with Gasteiger partial charge in [-0.25, -0.2) is 0 Å². The number of carbonyl (C=O) groups is 2. The molecule has 5 nitrogen and oxygen atoms in total. The van der Waals surface area contributed by atoms with Crippen molar-refractivity contribution >= 4 is 17.6 Å². The van der Waals surface area contributed by atoms with Crippen molar-refractivity contribution in [3.05, 3.63) is 29.3 Å². The van der Waals surface area contributed by atoms with Crippen LogP contribution < -0.4 is 11.1 Å². The number of carbonyl (C=O) groups excluding carboxylic acids is 1. The van der Waals surface area contributed by atoms with Crippen molar-refractivity contribution in [2.75, 3.05) is 12.3 Å². The van der Waals surface area contributed by atoms with Gasteiger partial charge in [-0.15, -0.1) is 0 Å². The first-order valence-electron chi connectivity index (χ1n) is 7.36. The summed E-state index contributed by atoms with van der Waals surface area (Å²) in [7, 11) is 0. The Morgan fingerprint density at radius 2 is 2.05 bits per heavy atom. The van der Waals surface area contributed by atoms with Crippen LogP contribution in [0.4, 0.5) is 5.69 Å². The Morgan fingerprint density at radius 1 is 1.33 bits per heavy atom. The molecule has 1 fully saturated rings. The Bertz CT molecular complexity index is 542. The monoisotopic (exact) mass is 290 g/mol. The number of carboxylic acids is 1. The fourth-order valence-corrected chi connectivity index (χ4v) is 3.00. The quantitative estimate of drug-likeness (QED) is 0.741. The van der Waals surface area contributed by atoms with E-state index in [-0.39, 0.29) is 17.7 Å². The van der Waals surface area contributed by atoms with Gasteiger partial charge in [-0.05, 0) is 43.4 Å². The molecule has 1 aromatic carbocycles. The van der Waals surface area contributed by atoms with Gasteiger partial charge in [0.15, 0.2) is 0 Å². The highest BCUT2D eigenvalue weighted by atomic mass is 16.4. The number of rotatable bonds is 4. The van der Waals surface area contributed by atoms with E-state index < -0.39 is 5.97 Å². The molecule has 4 N–H and O–H groups in total. The zero-order valence-electron chi connectivity index (χ0n) is 12.3. The minimum absolute atomic E-state index is 0.0153. The second-order valence-electron chi connectivity index (χ2n) is 5.72. The molecule has 1 aromatic rings. The van der Waals surface area contributed by atoms with E-state index in [1.165, 1.54) is 0 Å². The summed E-state index contributed by atoms with van der Waals surface area (Å²) in [6.45, 7) is 2.22. The third-order valence-electron chi connectivity index (χ3n) is 4.37. The molecule has 0 aromatic heterocycles. The predicted molar refractivity (Wildman–Crippen MR) is 81.0 cm³/mol. The van der Waals surface area contributed by atoms with Crippen molar-refractivity contribution in [1.82, 2.24) is 5.32 Å². The van der Waals surface area contributed by atoms with Crippen LogP contribution in [0.3, 0.4) is 0 Å². The molecule has 21 heavy (non-hydrogen) atoms. The van der Waals surface area contributed by atoms with Crippen molar-refractivity contribution < 1.29 is 14.7 Å². The van der Waals surface area contributed by atoms with E-state index in [1.807, 2.05) is 6.92 Å². The molecule has 1 aliphatic rings. The van der Waals surface area contributed by atoms with E-state index in [2.05, 4.69) is 5.32 Å². The number of nitrogens with one attached hydrogen (secondary N) is 1. The summed E-state index contributed by atoms with van der Waals surface area (Å²) in [5.41, 5.74) is 7.70. The Labute approximate surface area is 124 Å². The Kier molecular flexibility index (Phi) is 4.83. The minimum atomic E-state index is -0.755. The first-order chi connectivity index (χ1) is 10.0. The summed E-state index contributed by atoms with van der Waals surface area (Å²) in [5, 5.41) is 12.1. The summed E-state index contributed by atoms with van der Waals surface area (Å²) in [6, 6.07) is 5.24. The highest BCUT2D eigenvalue weighted by Crippen LogP contribution is 2.29. The highest BCUT2D eigenvalue weighted by Gasteiger charge is 2.30. The number of nitrogens with two attached hydrogens (primary N) is 1. The maximum absolute atomic E-state index is 12.2. The molecule has 5 heteroatoms. The van der Waals surface area contributed by atoms with Gasteiger partial charge in [-0.3, -0.25) is 9.59 Å². The zero-order valence-corrected chi connectivity index (χ0v) is 12.3. The number of benzene rings is 1. The molecule has 0 radical (unpaired) electrons. The molecule has 1 amide bonds. The molecule has 0 aliphatic heterocycles. The second-order valence-corrected chi connectivity index (χ2v) is 5.72. The van der Waals surface area contributed by atoms with E-state index in [1.54, 1.807) is 18.2 Å². The molecule has 114 valence electrons. The summed E-state index contributed by atoms with van der Waals surface area (Å²) in [5.74, 6) is -1.27. The van der Waals surface area contributed by atoms with E-state index in [0.29, 0.717) is 24.2 Å². The van der Waals surface area contributed by atoms with Crippen molar-refractivity contribution in [2.24, 2.45) is 11.8 Å². The number of hydrogen-bond acceptors (Lipinski definition) is 3. The normalized spacial score (nSPS) is 21.8. The third-order valence-corrected chi connectivity index (χ3v) is 4.37. The van der Waals surface area contributed by atoms with Crippen LogP contribution in [-0.2, 0) is 4.79 Å². The topological polar surface area (TPSA) is 92.4 Å². The van der Waals surface area contributed by atoms with Crippen LogP contribution in [-0.4, -0.2) is 23.5 Å². The minimum Gasteiger partial charge on any atom is -0.481 e. The Balaban J connectivity index is 2.00. The Hall–Kier alpha value is -2.04. The molecule has 1 saturated carbocycles. The number of carboxylic acid groups (broad SMARTS) is 1. The van der Waals surface area contributed by atoms with Gasteiger partial charge in [0, 0.05) is 17.8 Å². The molecule has 0 saturated heterocycles. The van der Waals surface area contributed by atoms with Gasteiger partial charge < -0.3 is 16.2 Å². The maximum Gasteiger partial charge on any atom is 0.306 e. The fraction of sp³-hybridized carbons (Fsp3) is 0.500. The molecular formula is C16H22N2O3. The van der Waals surface area contributed by atoms with Crippen molar-refractivity contribution in [2.45, 2.75) is 32.6 Å². The third kappa shape index (κ3) is 3.54. The van der Waals surface area contributed by atoms with E-state index in [0.717, 1.165) is 24.8 Å². The first kappa shape index (κ1) is 15.4. The van der Waals surface area contributed by atoms with Crippen molar-refractivity contribution in [3.63, 3.8) is 0 Å². The lowest BCUT2D eigenvalue weighted by atomic mass is 9.79. The summed E-state index contributed by atoms with van der Waals surface area (Å²) >= 11 is 0. The van der Waals surface area contributed by atoms with Crippen molar-refractivity contribution in [3.8, 4) is 0 Å². The average molecular weight is 290 g/mol. The molecule has 2 atom stereocenters. The fourth-order valence-electron chi connectivity index (χ4n) is 3.00. The van der Waals surface area contributed by atoms with E-state index >= 15 is 0 Å². The van der Waals surface area contributed by atoms with Crippen LogP contribution in [0.5, 0.6) is 0 Å². The van der Waals surface area contributed by atoms with E-state index in [9.17, 15) is 14.7 Å². The molecule has 2 rings (SSSR count). The zero-order chi connectivity index (χ0) is 15.4. The van der Waals surface area contributed by atoms with Crippen LogP contribution in [0.15, 0.2) is 18.2 Å². The summed E-state index contributed by atoms with van der Waals surface area (Å²) < 4.78 is 0.